The highest BCUT2D eigenvalue weighted by Crippen LogP contribution is 2.27. The molecule has 3 N–H and O–H groups in total. The Bertz CT molecular complexity index is 377. The third kappa shape index (κ3) is 2.18. The predicted molar refractivity (Wildman–Crippen MR) is 60.5 cm³/mol. The lowest BCUT2D eigenvalue weighted by molar-refractivity contribution is 0.00336. The molecule has 0 amide bonds. The number of nitrogens with two attached hydrogens (primary N) is 1. The summed E-state index contributed by atoms with van der Waals surface area (Å²) in [6, 6.07) is 0. The number of aliphatic hydroxyl groups excluding tert-OH is 1. The van der Waals surface area contributed by atoms with E-state index in [0.717, 1.165) is 0 Å². The van der Waals surface area contributed by atoms with Crippen molar-refractivity contribution >= 4 is 23.2 Å². The standard InChI is InChI=1S/C9H13ClN4O2/c10-7-8(11)12-5-13-9(7)14-1-2-16-6(3-14)4-15/h5-6,15H,1-4H2,(H2,11,12,13). The number of nitrogens with zero attached hydrogens (tertiary/aromatic N) is 3. The highest BCUT2D eigenvalue weighted by Gasteiger charge is 2.23. The van der Waals surface area contributed by atoms with E-state index in [1.54, 1.807) is 0 Å². The Labute approximate surface area is 98.0 Å². The molecule has 1 saturated heterocycles. The number of anilines is 2. The van der Waals surface area contributed by atoms with Crippen LogP contribution in [0.3, 0.4) is 0 Å². The van der Waals surface area contributed by atoms with Gasteiger partial charge in [-0.3, -0.25) is 0 Å². The second-order valence-corrected chi connectivity index (χ2v) is 3.90. The fourth-order valence-electron chi connectivity index (χ4n) is 1.62. The van der Waals surface area contributed by atoms with Crippen molar-refractivity contribution in [2.75, 3.05) is 36.9 Å². The van der Waals surface area contributed by atoms with Gasteiger partial charge in [-0.2, -0.15) is 0 Å². The summed E-state index contributed by atoms with van der Waals surface area (Å²) in [7, 11) is 0. The van der Waals surface area contributed by atoms with Crippen molar-refractivity contribution in [3.8, 4) is 0 Å². The summed E-state index contributed by atoms with van der Waals surface area (Å²) in [5.74, 6) is 0.856. The molecule has 0 saturated carbocycles. The van der Waals surface area contributed by atoms with Crippen molar-refractivity contribution in [2.24, 2.45) is 0 Å². The number of aliphatic hydroxyl groups is 1. The van der Waals surface area contributed by atoms with Gasteiger partial charge in [-0.1, -0.05) is 11.6 Å². The average molecular weight is 245 g/mol. The van der Waals surface area contributed by atoms with E-state index in [1.807, 2.05) is 4.90 Å². The quantitative estimate of drug-likeness (QED) is 0.757. The third-order valence-electron chi connectivity index (χ3n) is 2.44. The maximum absolute atomic E-state index is 9.04. The van der Waals surface area contributed by atoms with Gasteiger partial charge in [0, 0.05) is 13.1 Å². The number of morpholine rings is 1. The molecular formula is C9H13ClN4O2. The molecule has 0 bridgehead atoms. The Morgan fingerprint density at radius 1 is 1.62 bits per heavy atom. The Balaban J connectivity index is 2.20. The molecule has 1 aliphatic heterocycles. The molecule has 16 heavy (non-hydrogen) atoms. The van der Waals surface area contributed by atoms with Crippen LogP contribution in [0.2, 0.25) is 5.02 Å². The van der Waals surface area contributed by atoms with Crippen LogP contribution in [0, 0.1) is 0 Å². The van der Waals surface area contributed by atoms with E-state index < -0.39 is 0 Å². The zero-order valence-electron chi connectivity index (χ0n) is 8.64. The summed E-state index contributed by atoms with van der Waals surface area (Å²) in [5.41, 5.74) is 5.60. The lowest BCUT2D eigenvalue weighted by Gasteiger charge is -2.33. The smallest absolute Gasteiger partial charge is 0.153 e. The lowest BCUT2D eigenvalue weighted by atomic mass is 10.3. The number of hydrogen-bond acceptors (Lipinski definition) is 6. The van der Waals surface area contributed by atoms with Gasteiger partial charge in [0.25, 0.3) is 0 Å². The molecule has 0 spiro atoms. The minimum atomic E-state index is -0.207. The summed E-state index contributed by atoms with van der Waals surface area (Å²) < 4.78 is 5.34. The second-order valence-electron chi connectivity index (χ2n) is 3.52. The number of halogens is 1. The van der Waals surface area contributed by atoms with Crippen LogP contribution in [0.4, 0.5) is 11.6 Å². The van der Waals surface area contributed by atoms with Crippen LogP contribution < -0.4 is 10.6 Å². The van der Waals surface area contributed by atoms with E-state index >= 15 is 0 Å². The lowest BCUT2D eigenvalue weighted by Crippen LogP contribution is -2.44. The van der Waals surface area contributed by atoms with E-state index in [4.69, 9.17) is 27.2 Å². The topological polar surface area (TPSA) is 84.5 Å². The van der Waals surface area contributed by atoms with E-state index in [9.17, 15) is 0 Å². The minimum Gasteiger partial charge on any atom is -0.394 e. The van der Waals surface area contributed by atoms with Crippen molar-refractivity contribution in [1.82, 2.24) is 9.97 Å². The molecule has 2 heterocycles. The number of nitrogen functional groups attached to an aromatic ring is 1. The van der Waals surface area contributed by atoms with Gasteiger partial charge >= 0.3 is 0 Å². The highest BCUT2D eigenvalue weighted by molar-refractivity contribution is 6.35. The monoisotopic (exact) mass is 244 g/mol. The van der Waals surface area contributed by atoms with Crippen LogP contribution in [0.15, 0.2) is 6.33 Å². The predicted octanol–water partition coefficient (Wildman–Crippen LogP) is -0.0903. The maximum Gasteiger partial charge on any atom is 0.153 e. The van der Waals surface area contributed by atoms with Crippen LogP contribution in [-0.4, -0.2) is 47.5 Å². The van der Waals surface area contributed by atoms with E-state index in [1.165, 1.54) is 6.33 Å². The molecule has 1 atom stereocenters. The first-order valence-corrected chi connectivity index (χ1v) is 5.33. The Morgan fingerprint density at radius 3 is 3.19 bits per heavy atom. The molecule has 1 aromatic rings. The molecule has 6 nitrogen and oxygen atoms in total. The molecule has 0 aliphatic carbocycles. The van der Waals surface area contributed by atoms with Gasteiger partial charge in [0.2, 0.25) is 0 Å². The van der Waals surface area contributed by atoms with Crippen molar-refractivity contribution in [1.29, 1.82) is 0 Å². The molecule has 88 valence electrons. The van der Waals surface area contributed by atoms with Gasteiger partial charge in [-0.15, -0.1) is 0 Å². The molecule has 1 aliphatic rings. The zero-order chi connectivity index (χ0) is 11.5. The summed E-state index contributed by atoms with van der Waals surface area (Å²) in [6.07, 6.45) is 1.17. The molecule has 0 aromatic carbocycles. The fourth-order valence-corrected chi connectivity index (χ4v) is 1.83. The number of ether oxygens (including phenoxy) is 1. The Hall–Kier alpha value is -1.11. The van der Waals surface area contributed by atoms with E-state index in [2.05, 4.69) is 9.97 Å². The molecule has 1 fully saturated rings. The zero-order valence-corrected chi connectivity index (χ0v) is 9.39. The molecule has 1 aromatic heterocycles. The van der Waals surface area contributed by atoms with Crippen molar-refractivity contribution in [3.63, 3.8) is 0 Å². The highest BCUT2D eigenvalue weighted by atomic mass is 35.5. The van der Waals surface area contributed by atoms with Gasteiger partial charge in [-0.25, -0.2) is 9.97 Å². The number of hydrogen-bond donors (Lipinski definition) is 2. The first-order chi connectivity index (χ1) is 7.72. The van der Waals surface area contributed by atoms with Crippen molar-refractivity contribution < 1.29 is 9.84 Å². The normalized spacial score (nSPS) is 21.1. The van der Waals surface area contributed by atoms with Crippen LogP contribution in [0.25, 0.3) is 0 Å². The van der Waals surface area contributed by atoms with Crippen LogP contribution >= 0.6 is 11.6 Å². The third-order valence-corrected chi connectivity index (χ3v) is 2.80. The Morgan fingerprint density at radius 2 is 2.44 bits per heavy atom. The van der Waals surface area contributed by atoms with Crippen molar-refractivity contribution in [3.05, 3.63) is 11.3 Å². The molecule has 2 rings (SSSR count). The van der Waals surface area contributed by atoms with Crippen molar-refractivity contribution in [2.45, 2.75) is 6.10 Å². The summed E-state index contributed by atoms with van der Waals surface area (Å²) in [5, 5.41) is 9.39. The first kappa shape index (κ1) is 11.4. The average Bonchev–Trinajstić information content (AvgIpc) is 2.33. The van der Waals surface area contributed by atoms with E-state index in [-0.39, 0.29) is 18.5 Å². The maximum atomic E-state index is 9.04. The van der Waals surface area contributed by atoms with E-state index in [0.29, 0.717) is 30.5 Å². The minimum absolute atomic E-state index is 0.0192. The summed E-state index contributed by atoms with van der Waals surface area (Å²) >= 11 is 6.02. The number of rotatable bonds is 2. The molecule has 1 unspecified atom stereocenters. The van der Waals surface area contributed by atoms with Gasteiger partial charge in [0.1, 0.15) is 17.2 Å². The molecule has 0 radical (unpaired) electrons. The fraction of sp³-hybridized carbons (Fsp3) is 0.556. The van der Waals surface area contributed by atoms with Gasteiger partial charge in [0.15, 0.2) is 5.82 Å². The Kier molecular flexibility index (Phi) is 3.42. The van der Waals surface area contributed by atoms with Crippen LogP contribution in [0.1, 0.15) is 0 Å². The summed E-state index contributed by atoms with van der Waals surface area (Å²) in [6.45, 7) is 1.74. The molecular weight excluding hydrogens is 232 g/mol. The second kappa shape index (κ2) is 4.82. The summed E-state index contributed by atoms with van der Waals surface area (Å²) in [4.78, 5) is 9.83. The van der Waals surface area contributed by atoms with Gasteiger partial charge in [0.05, 0.1) is 19.3 Å². The van der Waals surface area contributed by atoms with Gasteiger partial charge < -0.3 is 20.5 Å². The first-order valence-electron chi connectivity index (χ1n) is 4.95. The number of aromatic nitrogens is 2. The van der Waals surface area contributed by atoms with Crippen LogP contribution in [0.5, 0.6) is 0 Å². The largest absolute Gasteiger partial charge is 0.394 e. The van der Waals surface area contributed by atoms with Crippen LogP contribution in [-0.2, 0) is 4.74 Å². The van der Waals surface area contributed by atoms with Gasteiger partial charge in [-0.05, 0) is 0 Å². The SMILES string of the molecule is Nc1ncnc(N2CCOC(CO)C2)c1Cl. The molecule has 7 heteroatoms.